The van der Waals surface area contributed by atoms with Crippen LogP contribution in [0.4, 0.5) is 11.6 Å². The van der Waals surface area contributed by atoms with Gasteiger partial charge in [-0.3, -0.25) is 0 Å². The minimum Gasteiger partial charge on any atom is -0.490 e. The molecule has 0 aliphatic rings. The Labute approximate surface area is 115 Å². The molecule has 0 atom stereocenters. The van der Waals surface area contributed by atoms with Crippen molar-refractivity contribution in [1.82, 2.24) is 9.97 Å². The number of anilines is 2. The van der Waals surface area contributed by atoms with E-state index in [1.165, 1.54) is 19.2 Å². The standard InChI is InChI=1S/C13H25N5O/c1-5-6-7-8-18(10(2)3)13-11(19-4)12(17-14)15-9-16-13/h9-10H,5-8,14H2,1-4H3,(H,15,16,17). The maximum absolute atomic E-state index is 5.45. The first-order valence-corrected chi connectivity index (χ1v) is 6.77. The van der Waals surface area contributed by atoms with Gasteiger partial charge >= 0.3 is 0 Å². The minimum absolute atomic E-state index is 0.339. The lowest BCUT2D eigenvalue weighted by Gasteiger charge is -2.29. The average Bonchev–Trinajstić information content (AvgIpc) is 2.42. The number of nitrogens with zero attached hydrogens (tertiary/aromatic N) is 3. The van der Waals surface area contributed by atoms with Crippen molar-refractivity contribution in [2.45, 2.75) is 46.1 Å². The normalized spacial score (nSPS) is 10.6. The first kappa shape index (κ1) is 15.5. The molecule has 0 bridgehead atoms. The Morgan fingerprint density at radius 2 is 2.11 bits per heavy atom. The van der Waals surface area contributed by atoms with E-state index < -0.39 is 0 Å². The third-order valence-electron chi connectivity index (χ3n) is 3.02. The summed E-state index contributed by atoms with van der Waals surface area (Å²) in [6.45, 7) is 7.43. The van der Waals surface area contributed by atoms with Crippen LogP contribution in [0.1, 0.15) is 40.0 Å². The highest BCUT2D eigenvalue weighted by molar-refractivity contribution is 5.64. The van der Waals surface area contributed by atoms with Crippen LogP contribution in [0.3, 0.4) is 0 Å². The van der Waals surface area contributed by atoms with Crippen LogP contribution in [0.5, 0.6) is 5.75 Å². The van der Waals surface area contributed by atoms with Gasteiger partial charge in [0.2, 0.25) is 5.75 Å². The van der Waals surface area contributed by atoms with E-state index >= 15 is 0 Å². The van der Waals surface area contributed by atoms with Gasteiger partial charge in [-0.05, 0) is 20.3 Å². The van der Waals surface area contributed by atoms with Gasteiger partial charge in [-0.25, -0.2) is 15.8 Å². The smallest absolute Gasteiger partial charge is 0.205 e. The van der Waals surface area contributed by atoms with Crippen LogP contribution in [-0.2, 0) is 0 Å². The molecule has 1 aromatic heterocycles. The molecule has 19 heavy (non-hydrogen) atoms. The monoisotopic (exact) mass is 267 g/mol. The molecule has 0 aliphatic heterocycles. The summed E-state index contributed by atoms with van der Waals surface area (Å²) in [5, 5.41) is 0. The predicted molar refractivity (Wildman–Crippen MR) is 78.4 cm³/mol. The topological polar surface area (TPSA) is 76.3 Å². The van der Waals surface area contributed by atoms with Gasteiger partial charge in [-0.2, -0.15) is 0 Å². The van der Waals surface area contributed by atoms with E-state index in [0.717, 1.165) is 18.8 Å². The Morgan fingerprint density at radius 3 is 2.63 bits per heavy atom. The highest BCUT2D eigenvalue weighted by Gasteiger charge is 2.19. The molecule has 1 heterocycles. The molecule has 3 N–H and O–H groups in total. The molecule has 6 heteroatoms. The molecule has 0 amide bonds. The fraction of sp³-hybridized carbons (Fsp3) is 0.692. The maximum Gasteiger partial charge on any atom is 0.205 e. The second-order valence-corrected chi connectivity index (χ2v) is 4.72. The quantitative estimate of drug-likeness (QED) is 0.427. The van der Waals surface area contributed by atoms with Crippen molar-refractivity contribution in [1.29, 1.82) is 0 Å². The molecule has 1 rings (SSSR count). The Kier molecular flexibility index (Phi) is 6.35. The number of ether oxygens (including phenoxy) is 1. The highest BCUT2D eigenvalue weighted by atomic mass is 16.5. The third-order valence-corrected chi connectivity index (χ3v) is 3.02. The van der Waals surface area contributed by atoms with Gasteiger partial charge < -0.3 is 15.1 Å². The van der Waals surface area contributed by atoms with Gasteiger partial charge in [0, 0.05) is 12.6 Å². The minimum atomic E-state index is 0.339. The van der Waals surface area contributed by atoms with Crippen molar-refractivity contribution >= 4 is 11.6 Å². The van der Waals surface area contributed by atoms with Gasteiger partial charge in [-0.15, -0.1) is 0 Å². The Balaban J connectivity index is 3.01. The van der Waals surface area contributed by atoms with Crippen LogP contribution in [0, 0.1) is 0 Å². The number of aromatic nitrogens is 2. The maximum atomic E-state index is 5.45. The van der Waals surface area contributed by atoms with Crippen molar-refractivity contribution in [3.63, 3.8) is 0 Å². The summed E-state index contributed by atoms with van der Waals surface area (Å²) < 4.78 is 5.40. The molecule has 0 radical (unpaired) electrons. The van der Waals surface area contributed by atoms with Crippen molar-refractivity contribution in [3.8, 4) is 5.75 Å². The van der Waals surface area contributed by atoms with E-state index in [0.29, 0.717) is 17.6 Å². The largest absolute Gasteiger partial charge is 0.490 e. The van der Waals surface area contributed by atoms with Gasteiger partial charge in [0.05, 0.1) is 7.11 Å². The number of nitrogens with one attached hydrogen (secondary N) is 1. The molecule has 0 spiro atoms. The van der Waals surface area contributed by atoms with Crippen LogP contribution >= 0.6 is 0 Å². The van der Waals surface area contributed by atoms with Crippen molar-refractivity contribution in [3.05, 3.63) is 6.33 Å². The van der Waals surface area contributed by atoms with Crippen LogP contribution < -0.4 is 20.9 Å². The first-order chi connectivity index (χ1) is 9.15. The van der Waals surface area contributed by atoms with Crippen LogP contribution in [0.15, 0.2) is 6.33 Å². The molecule has 0 saturated carbocycles. The van der Waals surface area contributed by atoms with Gasteiger partial charge in [0.15, 0.2) is 11.6 Å². The number of hydrogen-bond donors (Lipinski definition) is 2. The average molecular weight is 267 g/mol. The summed E-state index contributed by atoms with van der Waals surface area (Å²) >= 11 is 0. The number of hydrogen-bond acceptors (Lipinski definition) is 6. The Morgan fingerprint density at radius 1 is 1.37 bits per heavy atom. The lowest BCUT2D eigenvalue weighted by Crippen LogP contribution is -2.33. The van der Waals surface area contributed by atoms with E-state index in [9.17, 15) is 0 Å². The Bertz CT molecular complexity index is 383. The van der Waals surface area contributed by atoms with Crippen molar-refractivity contribution < 1.29 is 4.74 Å². The molecule has 0 aliphatic carbocycles. The number of unbranched alkanes of at least 4 members (excludes halogenated alkanes) is 2. The molecule has 0 aromatic carbocycles. The third kappa shape index (κ3) is 3.96. The van der Waals surface area contributed by atoms with E-state index in [1.807, 2.05) is 0 Å². The molecule has 0 saturated heterocycles. The summed E-state index contributed by atoms with van der Waals surface area (Å²) in [6.07, 6.45) is 5.04. The SMILES string of the molecule is CCCCCN(c1ncnc(NN)c1OC)C(C)C. The molecular formula is C13H25N5O. The number of nitrogen functional groups attached to an aromatic ring is 1. The zero-order chi connectivity index (χ0) is 14.3. The lowest BCUT2D eigenvalue weighted by atomic mass is 10.2. The number of rotatable bonds is 8. The zero-order valence-electron chi connectivity index (χ0n) is 12.3. The molecule has 6 nitrogen and oxygen atoms in total. The first-order valence-electron chi connectivity index (χ1n) is 6.77. The van der Waals surface area contributed by atoms with Crippen molar-refractivity contribution in [2.75, 3.05) is 24.0 Å². The van der Waals surface area contributed by atoms with Crippen molar-refractivity contribution in [2.24, 2.45) is 5.84 Å². The second-order valence-electron chi connectivity index (χ2n) is 4.72. The molecule has 108 valence electrons. The van der Waals surface area contributed by atoms with Gasteiger partial charge in [-0.1, -0.05) is 19.8 Å². The van der Waals surface area contributed by atoms with E-state index in [2.05, 4.69) is 41.1 Å². The molecular weight excluding hydrogens is 242 g/mol. The van der Waals surface area contributed by atoms with E-state index in [-0.39, 0.29) is 0 Å². The van der Waals surface area contributed by atoms with Gasteiger partial charge in [0.1, 0.15) is 6.33 Å². The molecule has 0 unspecified atom stereocenters. The summed E-state index contributed by atoms with van der Waals surface area (Å²) in [5.41, 5.74) is 2.55. The lowest BCUT2D eigenvalue weighted by molar-refractivity contribution is 0.410. The number of hydrazine groups is 1. The number of methoxy groups -OCH3 is 1. The molecule has 0 fully saturated rings. The molecule has 1 aromatic rings. The fourth-order valence-electron chi connectivity index (χ4n) is 2.00. The predicted octanol–water partition coefficient (Wildman–Crippen LogP) is 2.18. The summed E-state index contributed by atoms with van der Waals surface area (Å²) in [5.74, 6) is 7.34. The second kappa shape index (κ2) is 7.78. The number of nitrogens with two attached hydrogens (primary N) is 1. The highest BCUT2D eigenvalue weighted by Crippen LogP contribution is 2.32. The fourth-order valence-corrected chi connectivity index (χ4v) is 2.00. The summed E-state index contributed by atoms with van der Waals surface area (Å²) in [7, 11) is 1.60. The van der Waals surface area contributed by atoms with E-state index in [4.69, 9.17) is 10.6 Å². The Hall–Kier alpha value is -1.56. The summed E-state index contributed by atoms with van der Waals surface area (Å²) in [6, 6.07) is 0.339. The summed E-state index contributed by atoms with van der Waals surface area (Å²) in [4.78, 5) is 10.6. The zero-order valence-corrected chi connectivity index (χ0v) is 12.3. The van der Waals surface area contributed by atoms with Crippen LogP contribution in [-0.4, -0.2) is 29.7 Å². The van der Waals surface area contributed by atoms with E-state index in [1.54, 1.807) is 7.11 Å². The van der Waals surface area contributed by atoms with Crippen LogP contribution in [0.25, 0.3) is 0 Å². The van der Waals surface area contributed by atoms with Crippen LogP contribution in [0.2, 0.25) is 0 Å². The van der Waals surface area contributed by atoms with Gasteiger partial charge in [0.25, 0.3) is 0 Å².